The lowest BCUT2D eigenvalue weighted by atomic mass is 10.2. The minimum atomic E-state index is -0.954. The van der Waals surface area contributed by atoms with Gasteiger partial charge in [-0.15, -0.1) is 0 Å². The summed E-state index contributed by atoms with van der Waals surface area (Å²) in [7, 11) is 0. The molecule has 0 fully saturated rings. The minimum absolute atomic E-state index is 0.119. The molecule has 1 aromatic heterocycles. The van der Waals surface area contributed by atoms with Crippen molar-refractivity contribution in [3.63, 3.8) is 0 Å². The van der Waals surface area contributed by atoms with Crippen LogP contribution in [-0.4, -0.2) is 32.3 Å². The van der Waals surface area contributed by atoms with E-state index in [-0.39, 0.29) is 18.2 Å². The molecule has 90 valence electrons. The van der Waals surface area contributed by atoms with Crippen LogP contribution < -0.4 is 0 Å². The molecule has 1 heterocycles. The van der Waals surface area contributed by atoms with Crippen molar-refractivity contribution in [1.82, 2.24) is 9.55 Å². The number of benzene rings is 1. The molecule has 0 aliphatic rings. The van der Waals surface area contributed by atoms with Gasteiger partial charge in [-0.1, -0.05) is 0 Å². The first-order valence-electron chi connectivity index (χ1n) is 5.44. The highest BCUT2D eigenvalue weighted by Crippen LogP contribution is 2.20. The van der Waals surface area contributed by atoms with Gasteiger partial charge >= 0.3 is 5.97 Å². The number of rotatable bonds is 4. The van der Waals surface area contributed by atoms with E-state index >= 15 is 0 Å². The largest absolute Gasteiger partial charge is 0.478 e. The SMILES string of the molecule is CC(CCO)n1cnc2cc(C(=O)O)ccc21. The summed E-state index contributed by atoms with van der Waals surface area (Å²) in [5, 5.41) is 17.8. The summed E-state index contributed by atoms with van der Waals surface area (Å²) >= 11 is 0. The van der Waals surface area contributed by atoms with Crippen LogP contribution in [0.4, 0.5) is 0 Å². The Labute approximate surface area is 98.3 Å². The van der Waals surface area contributed by atoms with Crippen LogP contribution in [0.1, 0.15) is 29.7 Å². The molecule has 2 N–H and O–H groups in total. The van der Waals surface area contributed by atoms with Crippen molar-refractivity contribution in [2.24, 2.45) is 0 Å². The second kappa shape index (κ2) is 4.55. The van der Waals surface area contributed by atoms with E-state index in [1.807, 2.05) is 11.5 Å². The average Bonchev–Trinajstić information content (AvgIpc) is 2.71. The van der Waals surface area contributed by atoms with Crippen LogP contribution in [0.5, 0.6) is 0 Å². The highest BCUT2D eigenvalue weighted by Gasteiger charge is 2.11. The third-order valence-corrected chi connectivity index (χ3v) is 2.84. The van der Waals surface area contributed by atoms with E-state index in [1.165, 1.54) is 0 Å². The number of aliphatic hydroxyl groups excluding tert-OH is 1. The lowest BCUT2D eigenvalue weighted by molar-refractivity contribution is 0.0697. The second-order valence-electron chi connectivity index (χ2n) is 4.02. The van der Waals surface area contributed by atoms with Crippen molar-refractivity contribution < 1.29 is 15.0 Å². The van der Waals surface area contributed by atoms with Gasteiger partial charge in [0, 0.05) is 12.6 Å². The van der Waals surface area contributed by atoms with Gasteiger partial charge in [-0.2, -0.15) is 0 Å². The standard InChI is InChI=1S/C12H14N2O3/c1-8(4-5-15)14-7-13-10-6-9(12(16)17)2-3-11(10)14/h2-3,6-8,15H,4-5H2,1H3,(H,16,17). The van der Waals surface area contributed by atoms with Gasteiger partial charge in [0.15, 0.2) is 0 Å². The summed E-state index contributed by atoms with van der Waals surface area (Å²) in [4.78, 5) is 15.0. The molecule has 2 rings (SSSR count). The van der Waals surface area contributed by atoms with Crippen LogP contribution in [0, 0.1) is 0 Å². The van der Waals surface area contributed by atoms with Crippen molar-refractivity contribution in [3.05, 3.63) is 30.1 Å². The normalized spacial score (nSPS) is 12.8. The summed E-state index contributed by atoms with van der Waals surface area (Å²) < 4.78 is 1.94. The molecule has 0 saturated heterocycles. The Morgan fingerprint density at radius 2 is 2.29 bits per heavy atom. The molecule has 0 aliphatic carbocycles. The molecular weight excluding hydrogens is 220 g/mol. The zero-order chi connectivity index (χ0) is 12.4. The molecule has 1 unspecified atom stereocenters. The highest BCUT2D eigenvalue weighted by atomic mass is 16.4. The lowest BCUT2D eigenvalue weighted by Crippen LogP contribution is -2.05. The van der Waals surface area contributed by atoms with Crippen molar-refractivity contribution >= 4 is 17.0 Å². The van der Waals surface area contributed by atoms with Crippen LogP contribution in [-0.2, 0) is 0 Å². The van der Waals surface area contributed by atoms with Gasteiger partial charge in [-0.25, -0.2) is 9.78 Å². The van der Waals surface area contributed by atoms with E-state index in [1.54, 1.807) is 24.5 Å². The van der Waals surface area contributed by atoms with Gasteiger partial charge < -0.3 is 14.8 Å². The number of imidazole rings is 1. The smallest absolute Gasteiger partial charge is 0.335 e. The molecule has 0 aliphatic heterocycles. The molecule has 0 spiro atoms. The molecule has 0 bridgehead atoms. The zero-order valence-corrected chi connectivity index (χ0v) is 9.50. The topological polar surface area (TPSA) is 75.3 Å². The van der Waals surface area contributed by atoms with Crippen LogP contribution in [0.2, 0.25) is 0 Å². The maximum atomic E-state index is 10.8. The van der Waals surface area contributed by atoms with Gasteiger partial charge in [-0.3, -0.25) is 0 Å². The van der Waals surface area contributed by atoms with E-state index in [4.69, 9.17) is 10.2 Å². The number of aromatic carboxylic acids is 1. The van der Waals surface area contributed by atoms with Crippen LogP contribution in [0.25, 0.3) is 11.0 Å². The van der Waals surface area contributed by atoms with Crippen LogP contribution in [0.3, 0.4) is 0 Å². The third kappa shape index (κ3) is 2.14. The summed E-state index contributed by atoms with van der Waals surface area (Å²) in [5.41, 5.74) is 1.78. The zero-order valence-electron chi connectivity index (χ0n) is 9.50. The van der Waals surface area contributed by atoms with Gasteiger partial charge in [0.05, 0.1) is 22.9 Å². The Balaban J connectivity index is 2.44. The van der Waals surface area contributed by atoms with Crippen molar-refractivity contribution in [1.29, 1.82) is 0 Å². The molecule has 5 heteroatoms. The van der Waals surface area contributed by atoms with Crippen molar-refractivity contribution in [2.45, 2.75) is 19.4 Å². The summed E-state index contributed by atoms with van der Waals surface area (Å²) in [6.07, 6.45) is 2.32. The summed E-state index contributed by atoms with van der Waals surface area (Å²) in [6.45, 7) is 2.11. The Bertz CT molecular complexity index is 548. The number of hydrogen-bond acceptors (Lipinski definition) is 3. The lowest BCUT2D eigenvalue weighted by Gasteiger charge is -2.12. The Hall–Kier alpha value is -1.88. The predicted octanol–water partition coefficient (Wildman–Crippen LogP) is 1.68. The molecular formula is C12H14N2O3. The summed E-state index contributed by atoms with van der Waals surface area (Å²) in [5.74, 6) is -0.954. The second-order valence-corrected chi connectivity index (χ2v) is 4.02. The molecule has 5 nitrogen and oxygen atoms in total. The van der Waals surface area contributed by atoms with E-state index in [2.05, 4.69) is 4.98 Å². The fourth-order valence-corrected chi connectivity index (χ4v) is 1.84. The molecule has 0 radical (unpaired) electrons. The van der Waals surface area contributed by atoms with Crippen molar-refractivity contribution in [2.75, 3.05) is 6.61 Å². The Morgan fingerprint density at radius 1 is 1.53 bits per heavy atom. The van der Waals surface area contributed by atoms with Gasteiger partial charge in [-0.05, 0) is 31.5 Å². The molecule has 1 aromatic carbocycles. The average molecular weight is 234 g/mol. The minimum Gasteiger partial charge on any atom is -0.478 e. The number of nitrogens with zero attached hydrogens (tertiary/aromatic N) is 2. The molecule has 0 saturated carbocycles. The fourth-order valence-electron chi connectivity index (χ4n) is 1.84. The highest BCUT2D eigenvalue weighted by molar-refractivity contribution is 5.92. The van der Waals surface area contributed by atoms with E-state index in [9.17, 15) is 4.79 Å². The molecule has 17 heavy (non-hydrogen) atoms. The van der Waals surface area contributed by atoms with E-state index in [0.717, 1.165) is 5.52 Å². The number of carboxylic acids is 1. The van der Waals surface area contributed by atoms with E-state index in [0.29, 0.717) is 11.9 Å². The Morgan fingerprint density at radius 3 is 2.94 bits per heavy atom. The first kappa shape index (κ1) is 11.6. The number of carbonyl (C=O) groups is 1. The quantitative estimate of drug-likeness (QED) is 0.843. The van der Waals surface area contributed by atoms with Crippen LogP contribution >= 0.6 is 0 Å². The number of aromatic nitrogens is 2. The molecule has 2 aromatic rings. The summed E-state index contributed by atoms with van der Waals surface area (Å²) in [6, 6.07) is 5.01. The maximum Gasteiger partial charge on any atom is 0.335 e. The molecule has 0 amide bonds. The number of fused-ring (bicyclic) bond motifs is 1. The van der Waals surface area contributed by atoms with E-state index < -0.39 is 5.97 Å². The number of carboxylic acid groups (broad SMARTS) is 1. The maximum absolute atomic E-state index is 10.8. The fraction of sp³-hybridized carbons (Fsp3) is 0.333. The third-order valence-electron chi connectivity index (χ3n) is 2.84. The predicted molar refractivity (Wildman–Crippen MR) is 63.1 cm³/mol. The monoisotopic (exact) mass is 234 g/mol. The number of hydrogen-bond donors (Lipinski definition) is 2. The van der Waals surface area contributed by atoms with Gasteiger partial charge in [0.2, 0.25) is 0 Å². The van der Waals surface area contributed by atoms with Gasteiger partial charge in [0.1, 0.15) is 0 Å². The van der Waals surface area contributed by atoms with Crippen LogP contribution in [0.15, 0.2) is 24.5 Å². The molecule has 1 atom stereocenters. The van der Waals surface area contributed by atoms with Crippen molar-refractivity contribution in [3.8, 4) is 0 Å². The first-order valence-corrected chi connectivity index (χ1v) is 5.44. The Kier molecular flexibility index (Phi) is 3.10. The first-order chi connectivity index (χ1) is 8.13. The van der Waals surface area contributed by atoms with Gasteiger partial charge in [0.25, 0.3) is 0 Å². The number of aliphatic hydroxyl groups is 1.